The van der Waals surface area contributed by atoms with Crippen LogP contribution < -0.4 is 10.6 Å². The van der Waals surface area contributed by atoms with Crippen LogP contribution in [0.4, 0.5) is 55.3 Å². The number of carbonyl (C=O) groups excluding carboxylic acids is 2. The Morgan fingerprint density at radius 1 is 0.667 bits per heavy atom. The number of aldehydes is 1. The second-order valence-corrected chi connectivity index (χ2v) is 11.5. The average molecular weight is 731 g/mol. The molecule has 0 spiro atoms. The number of carbonyl (C=O) groups is 2. The first-order valence-electron chi connectivity index (χ1n) is 14.9. The fourth-order valence-electron chi connectivity index (χ4n) is 5.39. The predicted molar refractivity (Wildman–Crippen MR) is 167 cm³/mol. The van der Waals surface area contributed by atoms with Crippen LogP contribution in [0.3, 0.4) is 0 Å². The smallest absolute Gasteiger partial charge is 0.411 e. The van der Waals surface area contributed by atoms with Gasteiger partial charge >= 0.3 is 18.3 Å². The molecule has 0 saturated heterocycles. The maximum atomic E-state index is 15.3. The van der Waals surface area contributed by atoms with Crippen LogP contribution in [-0.2, 0) is 26.8 Å². The van der Waals surface area contributed by atoms with Gasteiger partial charge in [0.2, 0.25) is 5.41 Å². The lowest BCUT2D eigenvalue weighted by Crippen LogP contribution is -2.54. The first-order valence-corrected chi connectivity index (χ1v) is 14.9. The highest BCUT2D eigenvalue weighted by Gasteiger charge is 2.72. The number of amides is 1. The number of aromatic hydroxyl groups is 2. The lowest BCUT2D eigenvalue weighted by atomic mass is 9.72. The number of halogens is 10. The fraction of sp³-hybridized carbons (Fsp3) is 0.257. The third-order valence-electron chi connectivity index (χ3n) is 8.24. The number of hydrogen-bond acceptors (Lipinski definition) is 5. The van der Waals surface area contributed by atoms with Gasteiger partial charge in [0.15, 0.2) is 0 Å². The van der Waals surface area contributed by atoms with Gasteiger partial charge in [0.05, 0.1) is 17.3 Å². The second-order valence-electron chi connectivity index (χ2n) is 11.5. The number of alkyl halides is 10. The summed E-state index contributed by atoms with van der Waals surface area (Å²) in [4.78, 5) is 23.6. The third kappa shape index (κ3) is 7.03. The molecular weight excluding hydrogens is 702 g/mol. The van der Waals surface area contributed by atoms with Gasteiger partial charge in [-0.1, -0.05) is 60.7 Å². The van der Waals surface area contributed by atoms with Crippen molar-refractivity contribution in [2.45, 2.75) is 43.5 Å². The van der Waals surface area contributed by atoms with E-state index in [4.69, 9.17) is 0 Å². The van der Waals surface area contributed by atoms with Crippen molar-refractivity contribution in [2.75, 3.05) is 17.2 Å². The van der Waals surface area contributed by atoms with Crippen LogP contribution in [0.1, 0.15) is 36.1 Å². The van der Waals surface area contributed by atoms with Crippen molar-refractivity contribution < 1.29 is 63.7 Å². The van der Waals surface area contributed by atoms with Crippen molar-refractivity contribution in [3.63, 3.8) is 0 Å². The summed E-state index contributed by atoms with van der Waals surface area (Å²) in [5, 5.41) is 24.2. The van der Waals surface area contributed by atoms with E-state index in [1.165, 1.54) is 24.4 Å². The molecule has 0 aliphatic heterocycles. The van der Waals surface area contributed by atoms with Crippen LogP contribution in [0.25, 0.3) is 11.1 Å². The van der Waals surface area contributed by atoms with Crippen molar-refractivity contribution in [2.24, 2.45) is 5.92 Å². The highest BCUT2D eigenvalue weighted by Crippen LogP contribution is 2.57. The Kier molecular flexibility index (Phi) is 10.4. The van der Waals surface area contributed by atoms with E-state index in [0.717, 1.165) is 43.3 Å². The molecule has 1 amide bonds. The van der Waals surface area contributed by atoms with Crippen LogP contribution >= 0.6 is 0 Å². The summed E-state index contributed by atoms with van der Waals surface area (Å²) in [7, 11) is 0. The van der Waals surface area contributed by atoms with E-state index in [9.17, 15) is 54.9 Å². The Hall–Kier alpha value is -5.28. The van der Waals surface area contributed by atoms with Gasteiger partial charge in [-0.15, -0.1) is 0 Å². The number of anilines is 2. The number of nitrogens with one attached hydrogen (secondary N) is 2. The summed E-state index contributed by atoms with van der Waals surface area (Å²) in [6.45, 7) is 2.51. The molecule has 272 valence electrons. The van der Waals surface area contributed by atoms with Crippen LogP contribution in [0.15, 0.2) is 84.9 Å². The molecule has 0 saturated carbocycles. The van der Waals surface area contributed by atoms with E-state index in [0.29, 0.717) is 29.8 Å². The summed E-state index contributed by atoms with van der Waals surface area (Å²) in [5.74, 6) is -13.6. The van der Waals surface area contributed by atoms with Crippen molar-refractivity contribution >= 4 is 23.6 Å². The van der Waals surface area contributed by atoms with Gasteiger partial charge in [-0.2, -0.15) is 35.1 Å². The van der Waals surface area contributed by atoms with E-state index in [1.54, 1.807) is 0 Å². The zero-order valence-electron chi connectivity index (χ0n) is 26.4. The molecule has 0 radical (unpaired) electrons. The van der Waals surface area contributed by atoms with Gasteiger partial charge < -0.3 is 25.6 Å². The molecule has 1 unspecified atom stereocenters. The molecule has 16 heteroatoms. The molecule has 6 nitrogen and oxygen atoms in total. The zero-order chi connectivity index (χ0) is 38.2. The minimum absolute atomic E-state index is 0.00574. The quantitative estimate of drug-likeness (QED) is 0.0701. The highest BCUT2D eigenvalue weighted by atomic mass is 19.4. The summed E-state index contributed by atoms with van der Waals surface area (Å²) < 4.78 is 148. The largest absolute Gasteiger partial charge is 0.506 e. The summed E-state index contributed by atoms with van der Waals surface area (Å²) in [6, 6.07) is 10.5. The molecule has 4 aromatic carbocycles. The standard InChI is InChI=1S/C35H28F10N2O4/c1-3-46-26-16-24(12-14-28(26)49)31(34(40,41)42,35(43,44)45)25-13-15-29(50)27(17-25)47-30(51)33(38,39)23-10-6-21(7-11-23)20-4-8-22(9-5-20)32(36,37)19(2)18-48/h4-19,46,49-50H,3H2,1-2H3,(H,47,51). The van der Waals surface area contributed by atoms with E-state index in [-0.39, 0.29) is 30.5 Å². The Morgan fingerprint density at radius 2 is 1.08 bits per heavy atom. The topological polar surface area (TPSA) is 98.7 Å². The van der Waals surface area contributed by atoms with Crippen molar-refractivity contribution in [3.05, 3.63) is 107 Å². The van der Waals surface area contributed by atoms with Gasteiger partial charge in [-0.25, -0.2) is 8.78 Å². The lowest BCUT2D eigenvalue weighted by Gasteiger charge is -2.38. The van der Waals surface area contributed by atoms with Gasteiger partial charge in [0.1, 0.15) is 17.8 Å². The number of hydrogen-bond donors (Lipinski definition) is 4. The maximum Gasteiger partial charge on any atom is 0.411 e. The number of phenols is 2. The van der Waals surface area contributed by atoms with Crippen molar-refractivity contribution in [3.8, 4) is 22.6 Å². The number of rotatable bonds is 11. The molecule has 0 heterocycles. The lowest BCUT2D eigenvalue weighted by molar-refractivity contribution is -0.288. The molecule has 0 aromatic heterocycles. The molecule has 4 aromatic rings. The third-order valence-corrected chi connectivity index (χ3v) is 8.24. The Balaban J connectivity index is 1.69. The van der Waals surface area contributed by atoms with Crippen LogP contribution in [0.2, 0.25) is 0 Å². The maximum absolute atomic E-state index is 15.3. The van der Waals surface area contributed by atoms with Crippen LogP contribution in [0.5, 0.6) is 11.5 Å². The predicted octanol–water partition coefficient (Wildman–Crippen LogP) is 9.26. The van der Waals surface area contributed by atoms with E-state index < -0.39 is 86.6 Å². The molecule has 4 rings (SSSR count). The SMILES string of the molecule is CCNc1cc(C(c2ccc(O)c(NC(=O)C(F)(F)c3ccc(-c4ccc(C(F)(F)C(C)C=O)cc4)cc3)c2)(C(F)(F)F)C(F)(F)F)ccc1O. The average Bonchev–Trinajstić information content (AvgIpc) is 3.06. The van der Waals surface area contributed by atoms with E-state index >= 15 is 8.78 Å². The van der Waals surface area contributed by atoms with Crippen LogP contribution in [-0.4, -0.2) is 41.3 Å². The molecule has 0 aliphatic rings. The summed E-state index contributed by atoms with van der Waals surface area (Å²) in [6.07, 6.45) is -12.2. The molecule has 51 heavy (non-hydrogen) atoms. The number of phenolic OH excluding ortho intramolecular Hbond substituents is 2. The van der Waals surface area contributed by atoms with Gasteiger partial charge in [-0.05, 0) is 60.4 Å². The Morgan fingerprint density at radius 3 is 1.51 bits per heavy atom. The van der Waals surface area contributed by atoms with E-state index in [2.05, 4.69) is 5.32 Å². The Labute approximate surface area is 283 Å². The highest BCUT2D eigenvalue weighted by molar-refractivity contribution is 5.98. The molecule has 0 aliphatic carbocycles. The first kappa shape index (κ1) is 38.5. The zero-order valence-corrected chi connectivity index (χ0v) is 26.4. The van der Waals surface area contributed by atoms with Crippen LogP contribution in [0, 0.1) is 5.92 Å². The molecule has 4 N–H and O–H groups in total. The van der Waals surface area contributed by atoms with Gasteiger partial charge in [0.25, 0.3) is 11.8 Å². The van der Waals surface area contributed by atoms with E-state index in [1.807, 2.05) is 0 Å². The first-order chi connectivity index (χ1) is 23.6. The Bertz CT molecular complexity index is 1880. The molecule has 0 fully saturated rings. The van der Waals surface area contributed by atoms with Gasteiger partial charge in [-0.3, -0.25) is 4.79 Å². The molecule has 1 atom stereocenters. The summed E-state index contributed by atoms with van der Waals surface area (Å²) >= 11 is 0. The fourth-order valence-corrected chi connectivity index (χ4v) is 5.39. The molecular formula is C35H28F10N2O4. The normalized spacial score (nSPS) is 13.4. The minimum atomic E-state index is -6.13. The van der Waals surface area contributed by atoms with Gasteiger partial charge in [0, 0.05) is 17.7 Å². The monoisotopic (exact) mass is 730 g/mol. The number of benzene rings is 4. The summed E-state index contributed by atoms with van der Waals surface area (Å²) in [5.41, 5.74) is -10.4. The van der Waals surface area contributed by atoms with Crippen molar-refractivity contribution in [1.82, 2.24) is 0 Å². The minimum Gasteiger partial charge on any atom is -0.506 e. The second kappa shape index (κ2) is 13.8. The molecule has 0 bridgehead atoms. The van der Waals surface area contributed by atoms with Crippen molar-refractivity contribution in [1.29, 1.82) is 0 Å².